The van der Waals surface area contributed by atoms with E-state index in [9.17, 15) is 8.78 Å². The summed E-state index contributed by atoms with van der Waals surface area (Å²) in [6, 6.07) is 20.6. The highest BCUT2D eigenvalue weighted by atomic mass is 79.9. The Morgan fingerprint density at radius 2 is 1.58 bits per heavy atom. The zero-order valence-corrected chi connectivity index (χ0v) is 15.3. The molecule has 1 heterocycles. The van der Waals surface area contributed by atoms with Crippen LogP contribution in [0.4, 0.5) is 14.5 Å². The Morgan fingerprint density at radius 3 is 2.27 bits per heavy atom. The summed E-state index contributed by atoms with van der Waals surface area (Å²) in [6.07, 6.45) is 0.613. The highest BCUT2D eigenvalue weighted by Gasteiger charge is 2.31. The molecule has 0 saturated heterocycles. The van der Waals surface area contributed by atoms with Crippen LogP contribution in [0.5, 0.6) is 0 Å². The summed E-state index contributed by atoms with van der Waals surface area (Å²) < 4.78 is 28.7. The number of hydrazone groups is 1. The molecule has 2 nitrogen and oxygen atoms in total. The zero-order chi connectivity index (χ0) is 18.1. The summed E-state index contributed by atoms with van der Waals surface area (Å²) in [6.45, 7) is 0. The molecule has 0 aliphatic carbocycles. The molecular formula is C21H15BrF2N2. The lowest BCUT2D eigenvalue weighted by Crippen LogP contribution is -2.19. The summed E-state index contributed by atoms with van der Waals surface area (Å²) >= 11 is 3.43. The molecule has 1 aliphatic heterocycles. The minimum absolute atomic E-state index is 0.189. The average Bonchev–Trinajstić information content (AvgIpc) is 3.08. The average molecular weight is 413 g/mol. The summed E-state index contributed by atoms with van der Waals surface area (Å²) in [4.78, 5) is 0. The third-order valence-corrected chi connectivity index (χ3v) is 4.97. The number of anilines is 1. The normalized spacial score (nSPS) is 16.7. The molecule has 4 rings (SSSR count). The number of benzene rings is 3. The summed E-state index contributed by atoms with van der Waals surface area (Å²) in [7, 11) is 0. The second-order valence-electron chi connectivity index (χ2n) is 6.12. The van der Waals surface area contributed by atoms with E-state index in [2.05, 4.69) is 15.9 Å². The second-order valence-corrected chi connectivity index (χ2v) is 7.04. The molecule has 3 aromatic rings. The largest absolute Gasteiger partial charge is 0.254 e. The maximum atomic E-state index is 14.4. The predicted molar refractivity (Wildman–Crippen MR) is 103 cm³/mol. The van der Waals surface area contributed by atoms with Crippen molar-refractivity contribution in [2.45, 2.75) is 12.5 Å². The number of halogens is 3. The van der Waals surface area contributed by atoms with Gasteiger partial charge in [-0.3, -0.25) is 5.01 Å². The van der Waals surface area contributed by atoms with Gasteiger partial charge in [0, 0.05) is 10.9 Å². The molecular weight excluding hydrogens is 398 g/mol. The van der Waals surface area contributed by atoms with Crippen LogP contribution in [0, 0.1) is 11.6 Å². The van der Waals surface area contributed by atoms with Crippen molar-refractivity contribution >= 4 is 27.3 Å². The highest BCUT2D eigenvalue weighted by molar-refractivity contribution is 9.10. The first-order chi connectivity index (χ1) is 12.6. The molecule has 1 aliphatic rings. The van der Waals surface area contributed by atoms with E-state index in [4.69, 9.17) is 5.10 Å². The lowest BCUT2D eigenvalue weighted by Gasteiger charge is -2.24. The van der Waals surface area contributed by atoms with Crippen LogP contribution in [0.25, 0.3) is 0 Å². The van der Waals surface area contributed by atoms with Crippen molar-refractivity contribution in [3.8, 4) is 0 Å². The van der Waals surface area contributed by atoms with Gasteiger partial charge in [-0.15, -0.1) is 0 Å². The van der Waals surface area contributed by atoms with Crippen molar-refractivity contribution in [3.05, 3.63) is 100 Å². The molecule has 0 amide bonds. The Kier molecular flexibility index (Phi) is 4.55. The van der Waals surface area contributed by atoms with Crippen LogP contribution in [0.1, 0.15) is 23.6 Å². The number of hydrogen-bond donors (Lipinski definition) is 0. The molecule has 0 unspecified atom stereocenters. The zero-order valence-electron chi connectivity index (χ0n) is 13.7. The standard InChI is InChI=1S/C21H15BrF2N2/c22-16-9-5-14(6-10-16)19-13-21(15-7-11-17(23)12-8-15)26(25-19)20-4-2-1-3-18(20)24/h1-12,21H,13H2/t21-/m1/s1. The summed E-state index contributed by atoms with van der Waals surface area (Å²) in [5.74, 6) is -0.626. The highest BCUT2D eigenvalue weighted by Crippen LogP contribution is 2.37. The van der Waals surface area contributed by atoms with E-state index in [1.54, 1.807) is 35.3 Å². The fourth-order valence-electron chi connectivity index (χ4n) is 3.13. The van der Waals surface area contributed by atoms with Gasteiger partial charge in [-0.1, -0.05) is 52.3 Å². The first kappa shape index (κ1) is 16.9. The lowest BCUT2D eigenvalue weighted by molar-refractivity contribution is 0.603. The molecule has 26 heavy (non-hydrogen) atoms. The van der Waals surface area contributed by atoms with Gasteiger partial charge in [0.05, 0.1) is 17.4 Å². The molecule has 0 spiro atoms. The molecule has 130 valence electrons. The maximum absolute atomic E-state index is 14.4. The molecule has 5 heteroatoms. The first-order valence-electron chi connectivity index (χ1n) is 8.24. The van der Waals surface area contributed by atoms with Crippen LogP contribution in [0.2, 0.25) is 0 Å². The first-order valence-corrected chi connectivity index (χ1v) is 9.04. The van der Waals surface area contributed by atoms with Crippen LogP contribution in [0.15, 0.2) is 82.4 Å². The summed E-state index contributed by atoms with van der Waals surface area (Å²) in [5, 5.41) is 6.39. The molecule has 0 fully saturated rings. The van der Waals surface area contributed by atoms with Gasteiger partial charge in [-0.25, -0.2) is 8.78 Å². The fraction of sp³-hybridized carbons (Fsp3) is 0.0952. The van der Waals surface area contributed by atoms with E-state index in [0.717, 1.165) is 21.3 Å². The lowest BCUT2D eigenvalue weighted by atomic mass is 9.98. The maximum Gasteiger partial charge on any atom is 0.148 e. The van der Waals surface area contributed by atoms with E-state index in [-0.39, 0.29) is 17.7 Å². The van der Waals surface area contributed by atoms with Crippen LogP contribution in [-0.4, -0.2) is 5.71 Å². The quantitative estimate of drug-likeness (QED) is 0.508. The Bertz CT molecular complexity index is 953. The third kappa shape index (κ3) is 3.27. The summed E-state index contributed by atoms with van der Waals surface area (Å²) in [5.41, 5.74) is 3.16. The van der Waals surface area contributed by atoms with E-state index < -0.39 is 0 Å². The van der Waals surface area contributed by atoms with Crippen molar-refractivity contribution in [1.29, 1.82) is 0 Å². The van der Waals surface area contributed by atoms with Gasteiger partial charge >= 0.3 is 0 Å². The molecule has 0 bridgehead atoms. The number of para-hydroxylation sites is 1. The molecule has 0 aromatic heterocycles. The Balaban J connectivity index is 1.77. The molecule has 3 aromatic carbocycles. The molecule has 0 saturated carbocycles. The van der Waals surface area contributed by atoms with Crippen LogP contribution >= 0.6 is 15.9 Å². The molecule has 1 atom stereocenters. The number of nitrogens with zero attached hydrogens (tertiary/aromatic N) is 2. The second kappa shape index (κ2) is 7.00. The Labute approximate surface area is 158 Å². The SMILES string of the molecule is Fc1ccc([C@H]2CC(c3ccc(Br)cc3)=NN2c2ccccc2F)cc1. The van der Waals surface area contributed by atoms with Gasteiger partial charge in [-0.05, 0) is 47.5 Å². The van der Waals surface area contributed by atoms with E-state index in [1.807, 2.05) is 24.3 Å². The van der Waals surface area contributed by atoms with E-state index >= 15 is 0 Å². The van der Waals surface area contributed by atoms with E-state index in [0.29, 0.717) is 12.1 Å². The predicted octanol–water partition coefficient (Wildman–Crippen LogP) is 6.08. The molecule has 0 radical (unpaired) electrons. The topological polar surface area (TPSA) is 15.6 Å². The van der Waals surface area contributed by atoms with Gasteiger partial charge < -0.3 is 0 Å². The van der Waals surface area contributed by atoms with Crippen LogP contribution < -0.4 is 5.01 Å². The van der Waals surface area contributed by atoms with Gasteiger partial charge in [0.15, 0.2) is 0 Å². The minimum atomic E-state index is -0.333. The van der Waals surface area contributed by atoms with Crippen molar-refractivity contribution in [1.82, 2.24) is 0 Å². The van der Waals surface area contributed by atoms with Gasteiger partial charge in [-0.2, -0.15) is 5.10 Å². The van der Waals surface area contributed by atoms with Crippen molar-refractivity contribution < 1.29 is 8.78 Å². The Morgan fingerprint density at radius 1 is 0.885 bits per heavy atom. The third-order valence-electron chi connectivity index (χ3n) is 4.44. The van der Waals surface area contributed by atoms with Crippen molar-refractivity contribution in [2.75, 3.05) is 5.01 Å². The minimum Gasteiger partial charge on any atom is -0.254 e. The smallest absolute Gasteiger partial charge is 0.148 e. The fourth-order valence-corrected chi connectivity index (χ4v) is 3.40. The van der Waals surface area contributed by atoms with E-state index in [1.165, 1.54) is 18.2 Å². The number of hydrogen-bond acceptors (Lipinski definition) is 2. The Hall–Kier alpha value is -2.53. The number of rotatable bonds is 3. The van der Waals surface area contributed by atoms with Crippen LogP contribution in [-0.2, 0) is 0 Å². The molecule has 0 N–H and O–H groups in total. The van der Waals surface area contributed by atoms with Crippen molar-refractivity contribution in [2.24, 2.45) is 5.10 Å². The van der Waals surface area contributed by atoms with Crippen LogP contribution in [0.3, 0.4) is 0 Å². The monoisotopic (exact) mass is 412 g/mol. The van der Waals surface area contributed by atoms with Gasteiger partial charge in [0.2, 0.25) is 0 Å². The van der Waals surface area contributed by atoms with Gasteiger partial charge in [0.1, 0.15) is 11.6 Å². The van der Waals surface area contributed by atoms with Gasteiger partial charge in [0.25, 0.3) is 0 Å². The van der Waals surface area contributed by atoms with Crippen molar-refractivity contribution in [3.63, 3.8) is 0 Å².